The van der Waals surface area contributed by atoms with Crippen molar-refractivity contribution in [2.75, 3.05) is 31.1 Å². The molecule has 0 amide bonds. The Balaban J connectivity index is 1.70. The normalized spacial score (nSPS) is 22.5. The standard InChI is InChI=1S/C18H28N6O/c1-3-25-16-11-15(23-10-9-19-13(2)12-23)20-18-21-17(22-24(16)18)14-7-5-4-6-8-14/h11,13-14,19H,3-10,12H2,1-2H3. The first-order chi connectivity index (χ1) is 12.2. The number of rotatable bonds is 4. The van der Waals surface area contributed by atoms with Crippen molar-refractivity contribution >= 4 is 11.6 Å². The van der Waals surface area contributed by atoms with Gasteiger partial charge in [-0.25, -0.2) is 0 Å². The molecule has 2 aromatic rings. The second kappa shape index (κ2) is 7.15. The number of hydrogen-bond acceptors (Lipinski definition) is 6. The quantitative estimate of drug-likeness (QED) is 0.918. The molecule has 0 aromatic carbocycles. The van der Waals surface area contributed by atoms with Crippen molar-refractivity contribution in [1.82, 2.24) is 24.9 Å². The Morgan fingerprint density at radius 2 is 2.08 bits per heavy atom. The molecule has 2 aromatic heterocycles. The molecule has 1 aliphatic heterocycles. The molecule has 2 fully saturated rings. The van der Waals surface area contributed by atoms with Gasteiger partial charge in [-0.15, -0.1) is 5.10 Å². The summed E-state index contributed by atoms with van der Waals surface area (Å²) in [6.45, 7) is 7.67. The van der Waals surface area contributed by atoms with Crippen LogP contribution < -0.4 is 15.0 Å². The van der Waals surface area contributed by atoms with Crippen LogP contribution in [0.15, 0.2) is 6.07 Å². The molecule has 2 aliphatic rings. The second-order valence-corrected chi connectivity index (χ2v) is 7.20. The predicted molar refractivity (Wildman–Crippen MR) is 97.5 cm³/mol. The van der Waals surface area contributed by atoms with E-state index in [1.165, 1.54) is 32.1 Å². The van der Waals surface area contributed by atoms with Gasteiger partial charge < -0.3 is 15.0 Å². The molecule has 1 saturated carbocycles. The van der Waals surface area contributed by atoms with Crippen molar-refractivity contribution < 1.29 is 4.74 Å². The van der Waals surface area contributed by atoms with Crippen molar-refractivity contribution in [1.29, 1.82) is 0 Å². The first kappa shape index (κ1) is 16.6. The number of fused-ring (bicyclic) bond motifs is 1. The van der Waals surface area contributed by atoms with Crippen LogP contribution in [0.1, 0.15) is 57.7 Å². The van der Waals surface area contributed by atoms with E-state index in [0.717, 1.165) is 37.2 Å². The van der Waals surface area contributed by atoms with Gasteiger partial charge in [0.1, 0.15) is 5.82 Å². The lowest BCUT2D eigenvalue weighted by atomic mass is 9.89. The Hall–Kier alpha value is -1.89. The number of anilines is 1. The zero-order valence-electron chi connectivity index (χ0n) is 15.2. The van der Waals surface area contributed by atoms with Crippen LogP contribution in [0.3, 0.4) is 0 Å². The molecule has 0 spiro atoms. The van der Waals surface area contributed by atoms with Crippen LogP contribution in [0, 0.1) is 0 Å². The maximum atomic E-state index is 5.86. The molecule has 136 valence electrons. The topological polar surface area (TPSA) is 67.6 Å². The van der Waals surface area contributed by atoms with Gasteiger partial charge in [0.25, 0.3) is 5.78 Å². The Kier molecular flexibility index (Phi) is 4.74. The molecule has 1 saturated heterocycles. The molecule has 1 atom stereocenters. The summed E-state index contributed by atoms with van der Waals surface area (Å²) in [5.74, 6) is 3.73. The molecular weight excluding hydrogens is 316 g/mol. The van der Waals surface area contributed by atoms with Crippen LogP contribution in [0.5, 0.6) is 5.88 Å². The van der Waals surface area contributed by atoms with Crippen LogP contribution >= 0.6 is 0 Å². The number of piperazine rings is 1. The van der Waals surface area contributed by atoms with Gasteiger partial charge in [0, 0.05) is 37.7 Å². The van der Waals surface area contributed by atoms with Crippen LogP contribution in [-0.4, -0.2) is 51.9 Å². The van der Waals surface area contributed by atoms with E-state index in [9.17, 15) is 0 Å². The molecule has 7 heteroatoms. The van der Waals surface area contributed by atoms with Gasteiger partial charge in [0.05, 0.1) is 6.61 Å². The molecule has 0 bridgehead atoms. The largest absolute Gasteiger partial charge is 0.478 e. The molecule has 0 radical (unpaired) electrons. The number of nitrogens with zero attached hydrogens (tertiary/aromatic N) is 5. The average Bonchev–Trinajstić information content (AvgIpc) is 3.07. The molecule has 1 N–H and O–H groups in total. The fraction of sp³-hybridized carbons (Fsp3) is 0.722. The Labute approximate surface area is 148 Å². The second-order valence-electron chi connectivity index (χ2n) is 7.20. The van der Waals surface area contributed by atoms with Crippen LogP contribution in [0.4, 0.5) is 5.82 Å². The van der Waals surface area contributed by atoms with E-state index in [0.29, 0.717) is 24.3 Å². The van der Waals surface area contributed by atoms with Gasteiger partial charge >= 0.3 is 0 Å². The monoisotopic (exact) mass is 344 g/mol. The van der Waals surface area contributed by atoms with E-state index < -0.39 is 0 Å². The first-order valence-electron chi connectivity index (χ1n) is 9.63. The van der Waals surface area contributed by atoms with Gasteiger partial charge in [-0.2, -0.15) is 14.5 Å². The summed E-state index contributed by atoms with van der Waals surface area (Å²) >= 11 is 0. The lowest BCUT2D eigenvalue weighted by Crippen LogP contribution is -2.49. The van der Waals surface area contributed by atoms with E-state index in [1.54, 1.807) is 4.52 Å². The molecule has 25 heavy (non-hydrogen) atoms. The Morgan fingerprint density at radius 3 is 2.84 bits per heavy atom. The molecule has 4 rings (SSSR count). The highest BCUT2D eigenvalue weighted by atomic mass is 16.5. The highest BCUT2D eigenvalue weighted by Crippen LogP contribution is 2.31. The lowest BCUT2D eigenvalue weighted by Gasteiger charge is -2.32. The third kappa shape index (κ3) is 3.42. The van der Waals surface area contributed by atoms with Gasteiger partial charge in [-0.3, -0.25) is 0 Å². The first-order valence-corrected chi connectivity index (χ1v) is 9.63. The molecular formula is C18H28N6O. The minimum Gasteiger partial charge on any atom is -0.478 e. The van der Waals surface area contributed by atoms with Gasteiger partial charge in [-0.1, -0.05) is 19.3 Å². The molecule has 1 aliphatic carbocycles. The highest BCUT2D eigenvalue weighted by Gasteiger charge is 2.23. The van der Waals surface area contributed by atoms with Crippen molar-refractivity contribution in [2.45, 2.75) is 57.9 Å². The maximum absolute atomic E-state index is 5.86. The summed E-state index contributed by atoms with van der Waals surface area (Å²) in [5, 5.41) is 8.22. The smallest absolute Gasteiger partial charge is 0.257 e. The van der Waals surface area contributed by atoms with E-state index in [-0.39, 0.29) is 0 Å². The van der Waals surface area contributed by atoms with E-state index in [1.807, 2.05) is 13.0 Å². The fourth-order valence-corrected chi connectivity index (χ4v) is 3.93. The van der Waals surface area contributed by atoms with Gasteiger partial charge in [0.15, 0.2) is 5.82 Å². The van der Waals surface area contributed by atoms with Crippen LogP contribution in [-0.2, 0) is 0 Å². The molecule has 3 heterocycles. The molecule has 1 unspecified atom stereocenters. The van der Waals surface area contributed by atoms with Crippen molar-refractivity contribution in [3.8, 4) is 5.88 Å². The van der Waals surface area contributed by atoms with Crippen molar-refractivity contribution in [3.05, 3.63) is 11.9 Å². The zero-order valence-corrected chi connectivity index (χ0v) is 15.2. The van der Waals surface area contributed by atoms with E-state index >= 15 is 0 Å². The Morgan fingerprint density at radius 1 is 1.24 bits per heavy atom. The van der Waals surface area contributed by atoms with Crippen molar-refractivity contribution in [2.24, 2.45) is 0 Å². The summed E-state index contributed by atoms with van der Waals surface area (Å²) in [7, 11) is 0. The highest BCUT2D eigenvalue weighted by molar-refractivity contribution is 5.49. The average molecular weight is 344 g/mol. The Bertz CT molecular complexity index is 724. The predicted octanol–water partition coefficient (Wildman–Crippen LogP) is 2.37. The number of aromatic nitrogens is 4. The fourth-order valence-electron chi connectivity index (χ4n) is 3.93. The minimum absolute atomic E-state index is 0.456. The summed E-state index contributed by atoms with van der Waals surface area (Å²) in [6, 6.07) is 2.46. The van der Waals surface area contributed by atoms with Crippen LogP contribution in [0.25, 0.3) is 5.78 Å². The summed E-state index contributed by atoms with van der Waals surface area (Å²) < 4.78 is 7.64. The van der Waals surface area contributed by atoms with E-state index in [2.05, 4.69) is 17.1 Å². The van der Waals surface area contributed by atoms with Gasteiger partial charge in [0.2, 0.25) is 5.88 Å². The zero-order chi connectivity index (χ0) is 17.2. The number of ether oxygens (including phenoxy) is 1. The van der Waals surface area contributed by atoms with E-state index in [4.69, 9.17) is 19.8 Å². The summed E-state index contributed by atoms with van der Waals surface area (Å²) in [4.78, 5) is 11.9. The number of nitrogens with one attached hydrogen (secondary N) is 1. The SMILES string of the molecule is CCOc1cc(N2CCNC(C)C2)nc2nc(C3CCCCC3)nn12. The lowest BCUT2D eigenvalue weighted by molar-refractivity contribution is 0.316. The summed E-state index contributed by atoms with van der Waals surface area (Å²) in [6.07, 6.45) is 6.25. The third-order valence-electron chi connectivity index (χ3n) is 5.24. The van der Waals surface area contributed by atoms with Crippen molar-refractivity contribution in [3.63, 3.8) is 0 Å². The van der Waals surface area contributed by atoms with Gasteiger partial charge in [-0.05, 0) is 26.7 Å². The summed E-state index contributed by atoms with van der Waals surface area (Å²) in [5.41, 5.74) is 0. The maximum Gasteiger partial charge on any atom is 0.257 e. The third-order valence-corrected chi connectivity index (χ3v) is 5.24. The minimum atomic E-state index is 0.456. The molecule has 7 nitrogen and oxygen atoms in total. The number of hydrogen-bond donors (Lipinski definition) is 1. The van der Waals surface area contributed by atoms with Crippen LogP contribution in [0.2, 0.25) is 0 Å².